The first-order valence-electron chi connectivity index (χ1n) is 11.7. The maximum absolute atomic E-state index is 12.6. The van der Waals surface area contributed by atoms with E-state index >= 15 is 0 Å². The maximum atomic E-state index is 12.6. The largest absolute Gasteiger partial charge is 0.497 e. The van der Waals surface area contributed by atoms with Crippen molar-refractivity contribution >= 4 is 11.7 Å². The SMILES string of the molecule is COc1cc(OC)cc(-c2nc3nc(C)c(CCC(=O)NC4CCCCCC4)c(C)n3n2)c1. The molecule has 0 radical (unpaired) electrons. The number of carbonyl (C=O) groups excluding carboxylic acids is 1. The third-order valence-electron chi connectivity index (χ3n) is 6.48. The molecule has 0 saturated heterocycles. The minimum Gasteiger partial charge on any atom is -0.497 e. The van der Waals surface area contributed by atoms with Crippen LogP contribution in [0.25, 0.3) is 17.2 Å². The van der Waals surface area contributed by atoms with Gasteiger partial charge in [0, 0.05) is 35.5 Å². The number of hydrogen-bond acceptors (Lipinski definition) is 6. The van der Waals surface area contributed by atoms with Gasteiger partial charge in [0.05, 0.1) is 14.2 Å². The smallest absolute Gasteiger partial charge is 0.253 e. The lowest BCUT2D eigenvalue weighted by Gasteiger charge is -2.16. The van der Waals surface area contributed by atoms with Gasteiger partial charge in [-0.25, -0.2) is 9.50 Å². The molecular weight excluding hydrogens is 418 g/mol. The Bertz CT molecular complexity index is 1110. The second-order valence-corrected chi connectivity index (χ2v) is 8.77. The van der Waals surface area contributed by atoms with Crippen molar-refractivity contribution in [3.05, 3.63) is 35.2 Å². The standard InChI is InChI=1S/C25H33N5O3/c1-16-22(11-12-23(31)27-19-9-7-5-6-8-10-19)17(2)30-25(26-16)28-24(29-30)18-13-20(32-3)15-21(14-18)33-4/h13-15,19H,5-12H2,1-4H3,(H,27,31). The summed E-state index contributed by atoms with van der Waals surface area (Å²) in [7, 11) is 3.23. The number of nitrogens with zero attached hydrogens (tertiary/aromatic N) is 4. The average Bonchev–Trinajstić information content (AvgIpc) is 3.08. The van der Waals surface area contributed by atoms with Crippen LogP contribution in [0.15, 0.2) is 18.2 Å². The lowest BCUT2D eigenvalue weighted by Crippen LogP contribution is -2.34. The number of fused-ring (bicyclic) bond motifs is 1. The van der Waals surface area contributed by atoms with Crippen molar-refractivity contribution in [2.45, 2.75) is 71.3 Å². The average molecular weight is 452 g/mol. The second-order valence-electron chi connectivity index (χ2n) is 8.77. The molecule has 4 rings (SSSR count). The second kappa shape index (κ2) is 10.2. The lowest BCUT2D eigenvalue weighted by atomic mass is 10.1. The zero-order chi connectivity index (χ0) is 23.4. The monoisotopic (exact) mass is 451 g/mol. The molecule has 0 aliphatic heterocycles. The van der Waals surface area contributed by atoms with Crippen LogP contribution in [0.5, 0.6) is 11.5 Å². The predicted molar refractivity (Wildman–Crippen MR) is 127 cm³/mol. The molecule has 1 aliphatic rings. The van der Waals surface area contributed by atoms with E-state index in [9.17, 15) is 4.79 Å². The Labute approximate surface area is 194 Å². The van der Waals surface area contributed by atoms with Crippen molar-refractivity contribution in [2.75, 3.05) is 14.2 Å². The first-order chi connectivity index (χ1) is 16.0. The van der Waals surface area contributed by atoms with Gasteiger partial charge in [0.2, 0.25) is 5.91 Å². The molecule has 1 fully saturated rings. The lowest BCUT2D eigenvalue weighted by molar-refractivity contribution is -0.121. The minimum atomic E-state index is 0.114. The van der Waals surface area contributed by atoms with Crippen molar-refractivity contribution < 1.29 is 14.3 Å². The molecule has 0 bridgehead atoms. The molecule has 1 amide bonds. The van der Waals surface area contributed by atoms with Crippen LogP contribution in [0.4, 0.5) is 0 Å². The fraction of sp³-hybridized carbons (Fsp3) is 0.520. The molecule has 8 heteroatoms. The Balaban J connectivity index is 1.54. The third-order valence-corrected chi connectivity index (χ3v) is 6.48. The van der Waals surface area contributed by atoms with Crippen LogP contribution in [-0.2, 0) is 11.2 Å². The van der Waals surface area contributed by atoms with Crippen molar-refractivity contribution in [3.8, 4) is 22.9 Å². The van der Waals surface area contributed by atoms with Gasteiger partial charge in [0.25, 0.3) is 5.78 Å². The molecular formula is C25H33N5O3. The van der Waals surface area contributed by atoms with Gasteiger partial charge >= 0.3 is 0 Å². The van der Waals surface area contributed by atoms with E-state index in [1.165, 1.54) is 25.7 Å². The third kappa shape index (κ3) is 5.26. The molecule has 3 aromatic rings. The van der Waals surface area contributed by atoms with E-state index in [0.29, 0.717) is 42.0 Å². The van der Waals surface area contributed by atoms with E-state index in [4.69, 9.17) is 14.6 Å². The van der Waals surface area contributed by atoms with E-state index in [1.54, 1.807) is 18.7 Å². The van der Waals surface area contributed by atoms with Gasteiger partial charge in [-0.1, -0.05) is 25.7 Å². The van der Waals surface area contributed by atoms with E-state index in [1.807, 2.05) is 32.0 Å². The summed E-state index contributed by atoms with van der Waals surface area (Å²) in [6.45, 7) is 3.97. The molecule has 2 heterocycles. The normalized spacial score (nSPS) is 14.8. The highest BCUT2D eigenvalue weighted by molar-refractivity contribution is 5.76. The molecule has 0 atom stereocenters. The first-order valence-corrected chi connectivity index (χ1v) is 11.7. The molecule has 0 unspecified atom stereocenters. The van der Waals surface area contributed by atoms with E-state index in [-0.39, 0.29) is 5.91 Å². The van der Waals surface area contributed by atoms with Crippen LogP contribution in [0.1, 0.15) is 61.9 Å². The van der Waals surface area contributed by atoms with Crippen LogP contribution in [0.2, 0.25) is 0 Å². The van der Waals surface area contributed by atoms with Crippen molar-refractivity contribution in [1.29, 1.82) is 0 Å². The molecule has 176 valence electrons. The van der Waals surface area contributed by atoms with Crippen LogP contribution in [-0.4, -0.2) is 45.8 Å². The molecule has 1 saturated carbocycles. The summed E-state index contributed by atoms with van der Waals surface area (Å²) >= 11 is 0. The number of hydrogen-bond donors (Lipinski definition) is 1. The van der Waals surface area contributed by atoms with Crippen molar-refractivity contribution in [1.82, 2.24) is 24.9 Å². The van der Waals surface area contributed by atoms with Gasteiger partial charge < -0.3 is 14.8 Å². The summed E-state index contributed by atoms with van der Waals surface area (Å²) in [5, 5.41) is 7.93. The highest BCUT2D eigenvalue weighted by Crippen LogP contribution is 2.28. The topological polar surface area (TPSA) is 90.6 Å². The van der Waals surface area contributed by atoms with Gasteiger partial charge in [-0.2, -0.15) is 4.98 Å². The van der Waals surface area contributed by atoms with Crippen LogP contribution >= 0.6 is 0 Å². The van der Waals surface area contributed by atoms with E-state index in [0.717, 1.165) is 35.4 Å². The molecule has 1 aliphatic carbocycles. The minimum absolute atomic E-state index is 0.114. The number of rotatable bonds is 7. The highest BCUT2D eigenvalue weighted by atomic mass is 16.5. The van der Waals surface area contributed by atoms with E-state index in [2.05, 4.69) is 15.3 Å². The molecule has 8 nitrogen and oxygen atoms in total. The van der Waals surface area contributed by atoms with Gasteiger partial charge in [-0.3, -0.25) is 4.79 Å². The van der Waals surface area contributed by atoms with Crippen LogP contribution in [0.3, 0.4) is 0 Å². The summed E-state index contributed by atoms with van der Waals surface area (Å²) in [6, 6.07) is 5.88. The molecule has 33 heavy (non-hydrogen) atoms. The first kappa shape index (κ1) is 23.0. The molecule has 1 N–H and O–H groups in total. The number of benzene rings is 1. The Morgan fingerprint density at radius 2 is 1.70 bits per heavy atom. The van der Waals surface area contributed by atoms with E-state index < -0.39 is 0 Å². The molecule has 2 aromatic heterocycles. The van der Waals surface area contributed by atoms with Crippen LogP contribution in [0, 0.1) is 13.8 Å². The molecule has 1 aromatic carbocycles. The maximum Gasteiger partial charge on any atom is 0.253 e. The number of aromatic nitrogens is 4. The summed E-state index contributed by atoms with van der Waals surface area (Å²) in [4.78, 5) is 21.9. The number of amides is 1. The summed E-state index contributed by atoms with van der Waals surface area (Å²) in [5.41, 5.74) is 3.66. The fourth-order valence-corrected chi connectivity index (χ4v) is 4.59. The number of carbonyl (C=O) groups is 1. The predicted octanol–water partition coefficient (Wildman–Crippen LogP) is 4.20. The molecule has 0 spiro atoms. The van der Waals surface area contributed by atoms with Gasteiger partial charge in [0.1, 0.15) is 11.5 Å². The van der Waals surface area contributed by atoms with Gasteiger partial charge in [-0.05, 0) is 50.8 Å². The fourth-order valence-electron chi connectivity index (χ4n) is 4.59. The summed E-state index contributed by atoms with van der Waals surface area (Å²) in [6.07, 6.45) is 8.22. The van der Waals surface area contributed by atoms with Crippen molar-refractivity contribution in [2.24, 2.45) is 0 Å². The van der Waals surface area contributed by atoms with Crippen LogP contribution < -0.4 is 14.8 Å². The van der Waals surface area contributed by atoms with Gasteiger partial charge in [-0.15, -0.1) is 5.10 Å². The number of ether oxygens (including phenoxy) is 2. The quantitative estimate of drug-likeness (QED) is 0.542. The van der Waals surface area contributed by atoms with Crippen molar-refractivity contribution in [3.63, 3.8) is 0 Å². The summed E-state index contributed by atoms with van der Waals surface area (Å²) < 4.78 is 12.5. The highest BCUT2D eigenvalue weighted by Gasteiger charge is 2.18. The zero-order valence-electron chi connectivity index (χ0n) is 20.0. The Hall–Kier alpha value is -3.16. The number of methoxy groups -OCH3 is 2. The zero-order valence-corrected chi connectivity index (χ0v) is 20.0. The Morgan fingerprint density at radius 1 is 1.03 bits per heavy atom. The summed E-state index contributed by atoms with van der Waals surface area (Å²) in [5.74, 6) is 2.54. The number of nitrogens with one attached hydrogen (secondary N) is 1. The number of aryl methyl sites for hydroxylation is 2. The Morgan fingerprint density at radius 3 is 2.33 bits per heavy atom. The Kier molecular flexibility index (Phi) is 7.11. The van der Waals surface area contributed by atoms with Gasteiger partial charge in [0.15, 0.2) is 5.82 Å².